The van der Waals surface area contributed by atoms with Crippen molar-refractivity contribution in [2.45, 2.75) is 0 Å². The minimum Gasteiger partial charge on any atom is -0.353 e. The van der Waals surface area contributed by atoms with E-state index in [1.165, 1.54) is 4.68 Å². The number of nitrogens with zero attached hydrogens (tertiary/aromatic N) is 5. The maximum Gasteiger partial charge on any atom is 0.257 e. The molecule has 2 aromatic rings. The molecule has 0 fully saturated rings. The van der Waals surface area contributed by atoms with Gasteiger partial charge in [-0.15, -0.1) is 0 Å². The zero-order valence-corrected chi connectivity index (χ0v) is 11.5. The summed E-state index contributed by atoms with van der Waals surface area (Å²) >= 11 is 0. The van der Waals surface area contributed by atoms with Crippen LogP contribution in [-0.4, -0.2) is 51.7 Å². The Kier molecular flexibility index (Phi) is 4.10. The highest BCUT2D eigenvalue weighted by molar-refractivity contribution is 7.90. The first-order valence-electron chi connectivity index (χ1n) is 5.62. The molecule has 0 saturated heterocycles. The highest BCUT2D eigenvalue weighted by Crippen LogP contribution is 2.07. The molecule has 2 aromatic heterocycles. The van der Waals surface area contributed by atoms with Gasteiger partial charge in [-0.2, -0.15) is 20.1 Å². The third kappa shape index (κ3) is 3.86. The molecule has 0 amide bonds. The van der Waals surface area contributed by atoms with Crippen molar-refractivity contribution in [3.8, 4) is 5.95 Å². The van der Waals surface area contributed by atoms with Gasteiger partial charge < -0.3 is 5.32 Å². The fourth-order valence-corrected chi connectivity index (χ4v) is 1.82. The van der Waals surface area contributed by atoms with Crippen LogP contribution in [0.2, 0.25) is 0 Å². The lowest BCUT2D eigenvalue weighted by atomic mass is 10.7. The van der Waals surface area contributed by atoms with E-state index < -0.39 is 9.84 Å². The molecule has 0 saturated carbocycles. The maximum atomic E-state index is 11.1. The maximum absolute atomic E-state index is 11.1. The van der Waals surface area contributed by atoms with Crippen LogP contribution in [0.5, 0.6) is 0 Å². The number of hydrazine groups is 1. The number of hydrogen-bond donors (Lipinski definition) is 3. The summed E-state index contributed by atoms with van der Waals surface area (Å²) in [7, 11) is -3.05. The van der Waals surface area contributed by atoms with Crippen LogP contribution in [0.15, 0.2) is 18.5 Å². The number of sulfone groups is 1. The molecule has 108 valence electrons. The summed E-state index contributed by atoms with van der Waals surface area (Å²) in [4.78, 5) is 12.1. The molecular weight excluding hydrogens is 284 g/mol. The average molecular weight is 298 g/mol. The Morgan fingerprint density at radius 3 is 2.65 bits per heavy atom. The molecule has 0 spiro atoms. The second-order valence-electron chi connectivity index (χ2n) is 3.93. The van der Waals surface area contributed by atoms with Crippen LogP contribution < -0.4 is 16.6 Å². The van der Waals surface area contributed by atoms with Crippen LogP contribution in [0.1, 0.15) is 0 Å². The van der Waals surface area contributed by atoms with Crippen LogP contribution in [0, 0.1) is 0 Å². The van der Waals surface area contributed by atoms with E-state index >= 15 is 0 Å². The molecule has 11 heteroatoms. The normalized spacial score (nSPS) is 11.3. The first kappa shape index (κ1) is 14.1. The van der Waals surface area contributed by atoms with Gasteiger partial charge in [-0.3, -0.25) is 5.43 Å². The van der Waals surface area contributed by atoms with Gasteiger partial charge in [-0.25, -0.2) is 18.9 Å². The van der Waals surface area contributed by atoms with Crippen molar-refractivity contribution in [2.75, 3.05) is 29.3 Å². The molecule has 0 aliphatic rings. The molecule has 0 unspecified atom stereocenters. The molecule has 10 nitrogen and oxygen atoms in total. The van der Waals surface area contributed by atoms with Crippen molar-refractivity contribution in [1.29, 1.82) is 0 Å². The Bertz CT molecular complexity index is 669. The minimum atomic E-state index is -3.05. The Balaban J connectivity index is 2.18. The van der Waals surface area contributed by atoms with Crippen LogP contribution >= 0.6 is 0 Å². The summed E-state index contributed by atoms with van der Waals surface area (Å²) in [6, 6.07) is 1.72. The molecule has 0 aliphatic carbocycles. The molecule has 0 aromatic carbocycles. The first-order valence-corrected chi connectivity index (χ1v) is 7.68. The van der Waals surface area contributed by atoms with Crippen LogP contribution in [0.3, 0.4) is 0 Å². The van der Waals surface area contributed by atoms with Crippen LogP contribution in [-0.2, 0) is 9.84 Å². The van der Waals surface area contributed by atoms with Crippen molar-refractivity contribution in [3.63, 3.8) is 0 Å². The van der Waals surface area contributed by atoms with E-state index in [2.05, 4.69) is 30.8 Å². The third-order valence-electron chi connectivity index (χ3n) is 2.22. The molecule has 4 N–H and O–H groups in total. The fourth-order valence-electron chi connectivity index (χ4n) is 1.35. The molecule has 0 atom stereocenters. The van der Waals surface area contributed by atoms with E-state index in [-0.39, 0.29) is 30.1 Å². The monoisotopic (exact) mass is 298 g/mol. The largest absolute Gasteiger partial charge is 0.353 e. The van der Waals surface area contributed by atoms with E-state index in [1.54, 1.807) is 18.5 Å². The molecule has 2 rings (SSSR count). The van der Waals surface area contributed by atoms with Crippen molar-refractivity contribution < 1.29 is 8.42 Å². The van der Waals surface area contributed by atoms with E-state index in [0.717, 1.165) is 6.26 Å². The van der Waals surface area contributed by atoms with E-state index in [4.69, 9.17) is 5.84 Å². The molecule has 0 bridgehead atoms. The molecule has 0 radical (unpaired) electrons. The van der Waals surface area contributed by atoms with Gasteiger partial charge >= 0.3 is 0 Å². The van der Waals surface area contributed by atoms with E-state index in [1.807, 2.05) is 0 Å². The standard InChI is InChI=1S/C9H14N8O2S/c1-20(18,19)6-4-11-7-13-8(16-10)15-9(14-7)17-5-2-3-12-17/h2-3,5H,4,6,10H2,1H3,(H2,11,13,14,15,16). The zero-order valence-electron chi connectivity index (χ0n) is 10.7. The molecule has 20 heavy (non-hydrogen) atoms. The van der Waals surface area contributed by atoms with E-state index in [0.29, 0.717) is 0 Å². The van der Waals surface area contributed by atoms with Crippen molar-refractivity contribution in [3.05, 3.63) is 18.5 Å². The summed E-state index contributed by atoms with van der Waals surface area (Å²) < 4.78 is 23.6. The fraction of sp³-hybridized carbons (Fsp3) is 0.333. The van der Waals surface area contributed by atoms with Crippen LogP contribution in [0.4, 0.5) is 11.9 Å². The predicted octanol–water partition coefficient (Wildman–Crippen LogP) is -1.20. The SMILES string of the molecule is CS(=O)(=O)CCNc1nc(NN)nc(-n2cccn2)n1. The number of rotatable bonds is 6. The van der Waals surface area contributed by atoms with Gasteiger partial charge in [0.05, 0.1) is 5.75 Å². The number of hydrogen-bond acceptors (Lipinski definition) is 9. The summed E-state index contributed by atoms with van der Waals surface area (Å²) in [5, 5.41) is 6.79. The zero-order chi connectivity index (χ0) is 14.6. The smallest absolute Gasteiger partial charge is 0.257 e. The van der Waals surface area contributed by atoms with Gasteiger partial charge in [-0.1, -0.05) is 0 Å². The topological polar surface area (TPSA) is 141 Å². The highest BCUT2D eigenvalue weighted by atomic mass is 32.2. The number of anilines is 2. The lowest BCUT2D eigenvalue weighted by Gasteiger charge is -2.07. The lowest BCUT2D eigenvalue weighted by Crippen LogP contribution is -2.19. The van der Waals surface area contributed by atoms with Crippen molar-refractivity contribution in [1.82, 2.24) is 24.7 Å². The Hall–Kier alpha value is -2.27. The first-order chi connectivity index (χ1) is 9.48. The molecule has 0 aliphatic heterocycles. The highest BCUT2D eigenvalue weighted by Gasteiger charge is 2.08. The number of nitrogens with one attached hydrogen (secondary N) is 2. The Morgan fingerprint density at radius 2 is 2.05 bits per heavy atom. The summed E-state index contributed by atoms with van der Waals surface area (Å²) in [5.41, 5.74) is 2.31. The number of nitrogens with two attached hydrogens (primary N) is 1. The van der Waals surface area contributed by atoms with Crippen molar-refractivity contribution in [2.24, 2.45) is 5.84 Å². The van der Waals surface area contributed by atoms with Gasteiger partial charge in [-0.05, 0) is 6.07 Å². The summed E-state index contributed by atoms with van der Waals surface area (Å²) in [6.45, 7) is 0.186. The molecule has 2 heterocycles. The predicted molar refractivity (Wildman–Crippen MR) is 73.0 cm³/mol. The van der Waals surface area contributed by atoms with Crippen LogP contribution in [0.25, 0.3) is 5.95 Å². The summed E-state index contributed by atoms with van der Waals surface area (Å²) in [6.07, 6.45) is 4.40. The average Bonchev–Trinajstić information content (AvgIpc) is 2.90. The van der Waals surface area contributed by atoms with Gasteiger partial charge in [0.1, 0.15) is 9.84 Å². The molecular formula is C9H14N8O2S. The second kappa shape index (κ2) is 5.79. The van der Waals surface area contributed by atoms with Gasteiger partial charge in [0.25, 0.3) is 5.95 Å². The van der Waals surface area contributed by atoms with Gasteiger partial charge in [0.2, 0.25) is 11.9 Å². The second-order valence-corrected chi connectivity index (χ2v) is 6.19. The third-order valence-corrected chi connectivity index (χ3v) is 3.16. The van der Waals surface area contributed by atoms with Crippen molar-refractivity contribution >= 4 is 21.7 Å². The van der Waals surface area contributed by atoms with Gasteiger partial charge in [0, 0.05) is 25.2 Å². The minimum absolute atomic E-state index is 0.0266. The quantitative estimate of drug-likeness (QED) is 0.443. The lowest BCUT2D eigenvalue weighted by molar-refractivity contribution is 0.602. The Labute approximate surface area is 115 Å². The number of aromatic nitrogens is 5. The van der Waals surface area contributed by atoms with Gasteiger partial charge in [0.15, 0.2) is 0 Å². The van der Waals surface area contributed by atoms with E-state index in [9.17, 15) is 8.42 Å². The summed E-state index contributed by atoms with van der Waals surface area (Å²) in [5.74, 6) is 5.88. The Morgan fingerprint density at radius 1 is 1.30 bits per heavy atom. The number of nitrogen functional groups attached to an aromatic ring is 1.